The Morgan fingerprint density at radius 2 is 2.19 bits per heavy atom. The number of aromatic carboxylic acids is 1. The second kappa shape index (κ2) is 4.05. The molecule has 2 aromatic heterocycles. The number of hydrogen-bond donors (Lipinski definition) is 1. The third-order valence-electron chi connectivity index (χ3n) is 1.87. The van der Waals surface area contributed by atoms with Crippen molar-refractivity contribution in [2.45, 2.75) is 6.92 Å². The normalized spacial score (nSPS) is 10.4. The Kier molecular flexibility index (Phi) is 2.74. The maximum Gasteiger partial charge on any atom is 0.354 e. The van der Waals surface area contributed by atoms with Crippen LogP contribution in [0.1, 0.15) is 16.2 Å². The predicted octanol–water partition coefficient (Wildman–Crippen LogP) is 2.51. The Labute approximate surface area is 99.3 Å². The second-order valence-electron chi connectivity index (χ2n) is 3.13. The van der Waals surface area contributed by atoms with Gasteiger partial charge in [-0.15, -0.1) is 0 Å². The molecule has 0 atom stereocenters. The second-order valence-corrected chi connectivity index (χ2v) is 3.91. The minimum Gasteiger partial charge on any atom is -0.477 e. The lowest BCUT2D eigenvalue weighted by Gasteiger charge is -2.00. The third-order valence-corrected chi connectivity index (χ3v) is 2.29. The van der Waals surface area contributed by atoms with Crippen LogP contribution in [-0.4, -0.2) is 21.0 Å². The summed E-state index contributed by atoms with van der Waals surface area (Å²) in [5, 5.41) is 8.86. The first-order valence-corrected chi connectivity index (χ1v) is 5.20. The maximum atomic E-state index is 10.8. The molecule has 0 bridgehead atoms. The summed E-state index contributed by atoms with van der Waals surface area (Å²) in [6.45, 7) is 1.70. The van der Waals surface area contributed by atoms with Gasteiger partial charge in [-0.1, -0.05) is 0 Å². The standard InChI is InChI=1S/C10H7BrN2O3/c1-5-4-6(10(14)15)13-9(12-5)7-2-3-8(11)16-7/h2-4H,1H3,(H,14,15). The summed E-state index contributed by atoms with van der Waals surface area (Å²) in [4.78, 5) is 18.8. The molecule has 0 aliphatic rings. The number of rotatable bonds is 2. The summed E-state index contributed by atoms with van der Waals surface area (Å²) in [5.41, 5.74) is 0.532. The van der Waals surface area contributed by atoms with Crippen molar-refractivity contribution in [1.29, 1.82) is 0 Å². The molecule has 0 fully saturated rings. The molecule has 6 heteroatoms. The first kappa shape index (κ1) is 10.8. The van der Waals surface area contributed by atoms with Crippen LogP contribution in [0.4, 0.5) is 0 Å². The quantitative estimate of drug-likeness (QED) is 0.916. The van der Waals surface area contributed by atoms with Gasteiger partial charge in [0, 0.05) is 5.69 Å². The summed E-state index contributed by atoms with van der Waals surface area (Å²) in [6, 6.07) is 4.77. The van der Waals surface area contributed by atoms with E-state index < -0.39 is 5.97 Å². The van der Waals surface area contributed by atoms with Crippen LogP contribution >= 0.6 is 15.9 Å². The van der Waals surface area contributed by atoms with Crippen LogP contribution in [0.2, 0.25) is 0 Å². The molecule has 2 rings (SSSR count). The summed E-state index contributed by atoms with van der Waals surface area (Å²) < 4.78 is 5.80. The van der Waals surface area contributed by atoms with Crippen LogP contribution < -0.4 is 0 Å². The number of carboxylic acids is 1. The van der Waals surface area contributed by atoms with Gasteiger partial charge in [-0.3, -0.25) is 0 Å². The first-order chi connectivity index (χ1) is 7.56. The van der Waals surface area contributed by atoms with Gasteiger partial charge >= 0.3 is 5.97 Å². The highest BCUT2D eigenvalue weighted by Gasteiger charge is 2.12. The molecule has 16 heavy (non-hydrogen) atoms. The molecule has 0 aromatic carbocycles. The monoisotopic (exact) mass is 282 g/mol. The minimum atomic E-state index is -1.09. The molecule has 0 saturated carbocycles. The molecule has 82 valence electrons. The van der Waals surface area contributed by atoms with E-state index in [1.54, 1.807) is 19.1 Å². The van der Waals surface area contributed by atoms with Gasteiger partial charge in [-0.2, -0.15) is 0 Å². The van der Waals surface area contributed by atoms with Crippen molar-refractivity contribution in [2.24, 2.45) is 0 Å². The highest BCUT2D eigenvalue weighted by molar-refractivity contribution is 9.10. The number of nitrogens with zero attached hydrogens (tertiary/aromatic N) is 2. The number of halogens is 1. The predicted molar refractivity (Wildman–Crippen MR) is 59.1 cm³/mol. The van der Waals surface area contributed by atoms with E-state index in [0.29, 0.717) is 16.1 Å². The molecular weight excluding hydrogens is 276 g/mol. The van der Waals surface area contributed by atoms with Crippen molar-refractivity contribution in [2.75, 3.05) is 0 Å². The molecule has 1 N–H and O–H groups in total. The van der Waals surface area contributed by atoms with Crippen LogP contribution in [0, 0.1) is 6.92 Å². The Bertz CT molecular complexity index is 551. The van der Waals surface area contributed by atoms with Crippen molar-refractivity contribution in [3.8, 4) is 11.6 Å². The molecule has 2 heterocycles. The third kappa shape index (κ3) is 2.11. The average Bonchev–Trinajstić information content (AvgIpc) is 2.64. The smallest absolute Gasteiger partial charge is 0.354 e. The highest BCUT2D eigenvalue weighted by atomic mass is 79.9. The van der Waals surface area contributed by atoms with Crippen molar-refractivity contribution < 1.29 is 14.3 Å². The van der Waals surface area contributed by atoms with E-state index in [9.17, 15) is 4.79 Å². The minimum absolute atomic E-state index is 0.0463. The van der Waals surface area contributed by atoms with E-state index in [4.69, 9.17) is 9.52 Å². The van der Waals surface area contributed by atoms with Crippen LogP contribution in [0.5, 0.6) is 0 Å². The molecule has 0 amide bonds. The summed E-state index contributed by atoms with van der Waals surface area (Å²) in [5.74, 6) is -0.390. The topological polar surface area (TPSA) is 76.2 Å². The zero-order chi connectivity index (χ0) is 11.7. The molecule has 0 unspecified atom stereocenters. The molecule has 5 nitrogen and oxygen atoms in total. The van der Waals surface area contributed by atoms with Gasteiger partial charge in [-0.25, -0.2) is 14.8 Å². The number of hydrogen-bond acceptors (Lipinski definition) is 4. The van der Waals surface area contributed by atoms with E-state index >= 15 is 0 Å². The zero-order valence-electron chi connectivity index (χ0n) is 8.27. The van der Waals surface area contributed by atoms with Crippen molar-refractivity contribution >= 4 is 21.9 Å². The Balaban J connectivity index is 2.53. The van der Waals surface area contributed by atoms with E-state index in [0.717, 1.165) is 0 Å². The Morgan fingerprint density at radius 1 is 1.44 bits per heavy atom. The van der Waals surface area contributed by atoms with Crippen molar-refractivity contribution in [3.63, 3.8) is 0 Å². The van der Waals surface area contributed by atoms with Gasteiger partial charge in [-0.05, 0) is 41.1 Å². The largest absolute Gasteiger partial charge is 0.477 e. The summed E-state index contributed by atoms with van der Waals surface area (Å²) in [6.07, 6.45) is 0. The lowest BCUT2D eigenvalue weighted by atomic mass is 10.3. The fraction of sp³-hybridized carbons (Fsp3) is 0.100. The van der Waals surface area contributed by atoms with Gasteiger partial charge in [0.05, 0.1) is 0 Å². The van der Waals surface area contributed by atoms with E-state index in [-0.39, 0.29) is 11.5 Å². The molecule has 0 radical (unpaired) electrons. The number of furan rings is 1. The SMILES string of the molecule is Cc1cc(C(=O)O)nc(-c2ccc(Br)o2)n1. The Morgan fingerprint density at radius 3 is 2.75 bits per heavy atom. The molecule has 2 aromatic rings. The Hall–Kier alpha value is -1.69. The van der Waals surface area contributed by atoms with Crippen LogP contribution in [-0.2, 0) is 0 Å². The number of carbonyl (C=O) groups is 1. The molecule has 0 aliphatic carbocycles. The molecule has 0 spiro atoms. The zero-order valence-corrected chi connectivity index (χ0v) is 9.85. The average molecular weight is 283 g/mol. The van der Waals surface area contributed by atoms with Gasteiger partial charge in [0.2, 0.25) is 0 Å². The van der Waals surface area contributed by atoms with Crippen LogP contribution in [0.25, 0.3) is 11.6 Å². The molecule has 0 saturated heterocycles. The number of aromatic nitrogens is 2. The lowest BCUT2D eigenvalue weighted by molar-refractivity contribution is 0.0690. The van der Waals surface area contributed by atoms with Gasteiger partial charge in [0.15, 0.2) is 21.9 Å². The van der Waals surface area contributed by atoms with Crippen molar-refractivity contribution in [1.82, 2.24) is 9.97 Å². The van der Waals surface area contributed by atoms with Crippen molar-refractivity contribution in [3.05, 3.63) is 34.3 Å². The molecular formula is C10H7BrN2O3. The van der Waals surface area contributed by atoms with E-state index in [2.05, 4.69) is 25.9 Å². The fourth-order valence-electron chi connectivity index (χ4n) is 1.22. The van der Waals surface area contributed by atoms with E-state index in [1.165, 1.54) is 6.07 Å². The number of carboxylic acid groups (broad SMARTS) is 1. The lowest BCUT2D eigenvalue weighted by Crippen LogP contribution is -2.03. The van der Waals surface area contributed by atoms with Gasteiger partial charge in [0.1, 0.15) is 0 Å². The van der Waals surface area contributed by atoms with Gasteiger partial charge in [0.25, 0.3) is 0 Å². The van der Waals surface area contributed by atoms with Crippen LogP contribution in [0.15, 0.2) is 27.3 Å². The van der Waals surface area contributed by atoms with Gasteiger partial charge < -0.3 is 9.52 Å². The fourth-order valence-corrected chi connectivity index (χ4v) is 1.53. The van der Waals surface area contributed by atoms with Crippen LogP contribution in [0.3, 0.4) is 0 Å². The number of aryl methyl sites for hydroxylation is 1. The first-order valence-electron chi connectivity index (χ1n) is 4.41. The molecule has 0 aliphatic heterocycles. The van der Waals surface area contributed by atoms with E-state index in [1.807, 2.05) is 0 Å². The highest BCUT2D eigenvalue weighted by Crippen LogP contribution is 2.22. The maximum absolute atomic E-state index is 10.8. The summed E-state index contributed by atoms with van der Waals surface area (Å²) in [7, 11) is 0. The summed E-state index contributed by atoms with van der Waals surface area (Å²) >= 11 is 3.16.